The van der Waals surface area contributed by atoms with Gasteiger partial charge in [-0.05, 0) is 67.9 Å². The van der Waals surface area contributed by atoms with E-state index < -0.39 is 5.97 Å². The Balaban J connectivity index is 1.89. The maximum absolute atomic E-state index is 13.2. The largest absolute Gasteiger partial charge is 0.508 e. The zero-order valence-corrected chi connectivity index (χ0v) is 22.4. The lowest BCUT2D eigenvalue weighted by Gasteiger charge is -2.26. The summed E-state index contributed by atoms with van der Waals surface area (Å²) < 4.78 is 11.4. The van der Waals surface area contributed by atoms with Gasteiger partial charge in [0.15, 0.2) is 6.61 Å². The van der Waals surface area contributed by atoms with Gasteiger partial charge in [-0.2, -0.15) is 0 Å². The van der Waals surface area contributed by atoms with Gasteiger partial charge in [-0.25, -0.2) is 4.79 Å². The quantitative estimate of drug-likeness (QED) is 0.295. The molecule has 1 aromatic rings. The van der Waals surface area contributed by atoms with Crippen LogP contribution >= 0.6 is 0 Å². The van der Waals surface area contributed by atoms with Gasteiger partial charge in [0.1, 0.15) is 5.75 Å². The van der Waals surface area contributed by atoms with Crippen LogP contribution in [-0.4, -0.2) is 66.6 Å². The Morgan fingerprint density at radius 3 is 2.84 bits per heavy atom. The smallest absolute Gasteiger partial charge is 0.338 e. The molecule has 1 unspecified atom stereocenters. The Kier molecular flexibility index (Phi) is 12.1. The summed E-state index contributed by atoms with van der Waals surface area (Å²) in [5.41, 5.74) is 2.29. The highest BCUT2D eigenvalue weighted by molar-refractivity contribution is 6.00. The number of phenols is 1. The van der Waals surface area contributed by atoms with Crippen molar-refractivity contribution in [2.24, 2.45) is 5.16 Å². The number of oxime groups is 1. The van der Waals surface area contributed by atoms with Crippen LogP contribution in [0, 0.1) is 0 Å². The van der Waals surface area contributed by atoms with Crippen LogP contribution < -0.4 is 0 Å². The van der Waals surface area contributed by atoms with Gasteiger partial charge in [-0.15, -0.1) is 6.58 Å². The van der Waals surface area contributed by atoms with Crippen molar-refractivity contribution >= 4 is 17.6 Å². The number of phenolic OH excluding ortho intramolecular Hbond substituents is 1. The van der Waals surface area contributed by atoms with E-state index in [2.05, 4.69) is 11.7 Å². The number of aryl methyl sites for hydroxylation is 1. The molecule has 0 saturated carbocycles. The van der Waals surface area contributed by atoms with Crippen LogP contribution in [0.3, 0.4) is 0 Å². The van der Waals surface area contributed by atoms with Crippen LogP contribution in [-0.2, 0) is 31.9 Å². The van der Waals surface area contributed by atoms with Crippen molar-refractivity contribution in [3.8, 4) is 5.75 Å². The molecule has 0 spiro atoms. The van der Waals surface area contributed by atoms with Gasteiger partial charge in [0.25, 0.3) is 5.91 Å². The number of likely N-dealkylation sites (tertiary alicyclic amines) is 1. The minimum atomic E-state index is -0.433. The third-order valence-corrected chi connectivity index (χ3v) is 6.44. The van der Waals surface area contributed by atoms with Gasteiger partial charge in [-0.1, -0.05) is 42.8 Å². The van der Waals surface area contributed by atoms with Gasteiger partial charge in [0.05, 0.1) is 30.6 Å². The predicted molar refractivity (Wildman–Crippen MR) is 147 cm³/mol. The number of hydrogen-bond donors (Lipinski definition) is 1. The molecule has 1 atom stereocenters. The number of allylic oxidation sites excluding steroid dienone is 1. The molecule has 0 aromatic heterocycles. The highest BCUT2D eigenvalue weighted by Crippen LogP contribution is 2.26. The molecule has 1 fully saturated rings. The second kappa shape index (κ2) is 15.8. The lowest BCUT2D eigenvalue weighted by Crippen LogP contribution is -2.37. The van der Waals surface area contributed by atoms with E-state index in [4.69, 9.17) is 14.3 Å². The molecule has 1 amide bonds. The number of nitrogens with zero attached hydrogens (tertiary/aromatic N) is 2. The van der Waals surface area contributed by atoms with Crippen LogP contribution in [0.2, 0.25) is 0 Å². The Morgan fingerprint density at radius 1 is 1.26 bits per heavy atom. The second-order valence-corrected chi connectivity index (χ2v) is 9.51. The molecule has 0 aliphatic carbocycles. The summed E-state index contributed by atoms with van der Waals surface area (Å²) in [5, 5.41) is 14.7. The van der Waals surface area contributed by atoms with Crippen LogP contribution in [0.25, 0.3) is 0 Å². The summed E-state index contributed by atoms with van der Waals surface area (Å²) in [7, 11) is 0. The van der Waals surface area contributed by atoms with E-state index in [0.717, 1.165) is 44.3 Å². The van der Waals surface area contributed by atoms with Gasteiger partial charge in [-0.3, -0.25) is 4.79 Å². The minimum absolute atomic E-state index is 0.0754. The van der Waals surface area contributed by atoms with Crippen molar-refractivity contribution in [1.82, 2.24) is 4.90 Å². The Morgan fingerprint density at radius 2 is 2.08 bits per heavy atom. The Bertz CT molecular complexity index is 1040. The van der Waals surface area contributed by atoms with Crippen molar-refractivity contribution < 1.29 is 29.0 Å². The number of piperidine rings is 1. The van der Waals surface area contributed by atoms with E-state index in [1.807, 2.05) is 31.2 Å². The van der Waals surface area contributed by atoms with E-state index in [9.17, 15) is 14.7 Å². The number of cyclic esters (lactones) is 1. The lowest BCUT2D eigenvalue weighted by molar-refractivity contribution is -0.137. The Hall–Kier alpha value is -3.39. The topological polar surface area (TPSA) is 97.7 Å². The van der Waals surface area contributed by atoms with E-state index in [0.29, 0.717) is 42.7 Å². The molecule has 0 radical (unpaired) electrons. The number of hydrogen-bond acceptors (Lipinski definition) is 7. The maximum atomic E-state index is 13.2. The maximum Gasteiger partial charge on any atom is 0.338 e. The molecule has 1 aromatic carbocycles. The summed E-state index contributed by atoms with van der Waals surface area (Å²) in [4.78, 5) is 33.0. The van der Waals surface area contributed by atoms with Crippen molar-refractivity contribution in [3.63, 3.8) is 0 Å². The number of fused-ring (bicyclic) bond motifs is 1. The molecule has 206 valence electrons. The zero-order chi connectivity index (χ0) is 27.2. The molecule has 38 heavy (non-hydrogen) atoms. The third-order valence-electron chi connectivity index (χ3n) is 6.44. The molecule has 2 aliphatic heterocycles. The Labute approximate surface area is 225 Å². The standard InChI is InChI=1S/C30H40N2O6/c1-3-11-23-20-26(33)21-24-19-25(31-38-22-28(34)32-15-7-5-8-16-32)12-10-14-27(36-17-4-2)13-6-9-18-37-30(35)29(23)24/h4,6,10,12-13,20-21,27,33H,2-3,5,7-9,11,14-19,22H2,1H3/b12-10+,13-6+,31-25+. The van der Waals surface area contributed by atoms with Crippen molar-refractivity contribution in [2.75, 3.05) is 32.9 Å². The average molecular weight is 525 g/mol. The molecule has 0 bridgehead atoms. The molecular weight excluding hydrogens is 484 g/mol. The van der Waals surface area contributed by atoms with E-state index >= 15 is 0 Å². The average Bonchev–Trinajstić information content (AvgIpc) is 2.90. The fourth-order valence-corrected chi connectivity index (χ4v) is 4.61. The van der Waals surface area contributed by atoms with Gasteiger partial charge >= 0.3 is 5.97 Å². The van der Waals surface area contributed by atoms with Gasteiger partial charge in [0.2, 0.25) is 0 Å². The number of esters is 1. The minimum Gasteiger partial charge on any atom is -0.508 e. The number of benzene rings is 1. The number of carbonyl (C=O) groups excluding carboxylic acids is 2. The van der Waals surface area contributed by atoms with Crippen molar-refractivity contribution in [2.45, 2.75) is 64.4 Å². The predicted octanol–water partition coefficient (Wildman–Crippen LogP) is 4.91. The number of amides is 1. The summed E-state index contributed by atoms with van der Waals surface area (Å²) in [5.74, 6) is -0.446. The third kappa shape index (κ3) is 9.17. The van der Waals surface area contributed by atoms with E-state index in [1.165, 1.54) is 0 Å². The summed E-state index contributed by atoms with van der Waals surface area (Å²) >= 11 is 0. The summed E-state index contributed by atoms with van der Waals surface area (Å²) in [6.07, 6.45) is 15.1. The van der Waals surface area contributed by atoms with Gasteiger partial charge < -0.3 is 24.3 Å². The highest BCUT2D eigenvalue weighted by atomic mass is 16.6. The van der Waals surface area contributed by atoms with Crippen LogP contribution in [0.1, 0.15) is 66.9 Å². The van der Waals surface area contributed by atoms with Crippen LogP contribution in [0.4, 0.5) is 0 Å². The molecule has 8 nitrogen and oxygen atoms in total. The fourth-order valence-electron chi connectivity index (χ4n) is 4.61. The van der Waals surface area contributed by atoms with E-state index in [1.54, 1.807) is 23.1 Å². The first kappa shape index (κ1) is 29.2. The normalized spacial score (nSPS) is 21.6. The van der Waals surface area contributed by atoms with Crippen molar-refractivity contribution in [3.05, 3.63) is 65.8 Å². The van der Waals surface area contributed by atoms with Gasteiger partial charge in [0, 0.05) is 19.5 Å². The molecular formula is C30H40N2O6. The first-order valence-electron chi connectivity index (χ1n) is 13.6. The number of ether oxygens (including phenoxy) is 2. The first-order chi connectivity index (χ1) is 18.5. The monoisotopic (exact) mass is 524 g/mol. The highest BCUT2D eigenvalue weighted by Gasteiger charge is 2.21. The summed E-state index contributed by atoms with van der Waals surface area (Å²) in [6, 6.07) is 3.19. The molecule has 1 N–H and O–H groups in total. The fraction of sp³-hybridized carbons (Fsp3) is 0.500. The van der Waals surface area contributed by atoms with E-state index in [-0.39, 0.29) is 37.4 Å². The number of rotatable bonds is 8. The molecule has 8 heteroatoms. The molecule has 2 heterocycles. The SMILES string of the molecule is C=CCOC1/C=C/CCOC(=O)c2c(CCC)cc(O)cc2CC(=N/OCC(=O)N2CCCCC2)/C=C/C1. The first-order valence-corrected chi connectivity index (χ1v) is 13.6. The second-order valence-electron chi connectivity index (χ2n) is 9.51. The van der Waals surface area contributed by atoms with Crippen LogP contribution in [0.5, 0.6) is 5.75 Å². The van der Waals surface area contributed by atoms with Crippen LogP contribution in [0.15, 0.2) is 54.2 Å². The lowest BCUT2D eigenvalue weighted by atomic mass is 9.94. The number of aromatic hydroxyl groups is 1. The zero-order valence-electron chi connectivity index (χ0n) is 22.4. The summed E-state index contributed by atoms with van der Waals surface area (Å²) in [6.45, 7) is 7.70. The molecule has 1 saturated heterocycles. The van der Waals surface area contributed by atoms with Crippen molar-refractivity contribution in [1.29, 1.82) is 0 Å². The number of carbonyl (C=O) groups is 2. The molecule has 2 aliphatic rings. The molecule has 3 rings (SSSR count).